The zero-order valence-electron chi connectivity index (χ0n) is 15.2. The van der Waals surface area contributed by atoms with E-state index in [1.54, 1.807) is 4.90 Å². The summed E-state index contributed by atoms with van der Waals surface area (Å²) in [4.78, 5) is 43.7. The van der Waals surface area contributed by atoms with E-state index in [4.69, 9.17) is 4.74 Å². The molecule has 0 aromatic carbocycles. The highest BCUT2D eigenvalue weighted by atomic mass is 16.5. The van der Waals surface area contributed by atoms with E-state index in [1.165, 1.54) is 6.42 Å². The molecule has 1 N–H and O–H groups in total. The Morgan fingerprint density at radius 1 is 1.04 bits per heavy atom. The molecule has 0 radical (unpaired) electrons. The molecule has 4 rings (SSSR count). The monoisotopic (exact) mass is 364 g/mol. The van der Waals surface area contributed by atoms with Gasteiger partial charge in [0.05, 0.1) is 26.3 Å². The molecule has 1 aliphatic carbocycles. The van der Waals surface area contributed by atoms with E-state index >= 15 is 0 Å². The molecular weight excluding hydrogens is 336 g/mol. The number of ether oxygens (including phenoxy) is 1. The summed E-state index contributed by atoms with van der Waals surface area (Å²) in [5.41, 5.74) is -0.459. The Morgan fingerprint density at radius 3 is 2.50 bits per heavy atom. The summed E-state index contributed by atoms with van der Waals surface area (Å²) in [7, 11) is 0. The Labute approximate surface area is 153 Å². The fourth-order valence-corrected chi connectivity index (χ4v) is 4.96. The molecule has 0 aromatic rings. The molecule has 1 saturated carbocycles. The van der Waals surface area contributed by atoms with Crippen LogP contribution in [0.2, 0.25) is 0 Å². The topological polar surface area (TPSA) is 82.2 Å². The number of rotatable bonds is 2. The molecule has 144 valence electrons. The summed E-state index contributed by atoms with van der Waals surface area (Å²) >= 11 is 0. The third-order valence-corrected chi connectivity index (χ3v) is 6.40. The van der Waals surface area contributed by atoms with Crippen molar-refractivity contribution in [2.75, 3.05) is 52.5 Å². The standard InChI is InChI=1S/C18H28N4O4/c23-15-12-19-16(24)14-13-20(6-7-22(14)15)17(25)18(4-2-1-3-5-18)21-8-10-26-11-9-21/h14H,1-13H2,(H,19,24). The zero-order chi connectivity index (χ0) is 18.1. The first-order chi connectivity index (χ1) is 12.6. The lowest BCUT2D eigenvalue weighted by Crippen LogP contribution is -2.70. The van der Waals surface area contributed by atoms with E-state index in [0.717, 1.165) is 38.8 Å². The molecule has 8 nitrogen and oxygen atoms in total. The van der Waals surface area contributed by atoms with Gasteiger partial charge in [-0.3, -0.25) is 19.3 Å². The molecule has 0 spiro atoms. The largest absolute Gasteiger partial charge is 0.379 e. The zero-order valence-corrected chi connectivity index (χ0v) is 15.2. The van der Waals surface area contributed by atoms with Crippen molar-refractivity contribution < 1.29 is 19.1 Å². The summed E-state index contributed by atoms with van der Waals surface area (Å²) in [6, 6.07) is -0.542. The van der Waals surface area contributed by atoms with Crippen LogP contribution in [0.25, 0.3) is 0 Å². The van der Waals surface area contributed by atoms with Gasteiger partial charge in [-0.25, -0.2) is 0 Å². The lowest BCUT2D eigenvalue weighted by atomic mass is 9.78. The van der Waals surface area contributed by atoms with Gasteiger partial charge in [-0.2, -0.15) is 0 Å². The molecule has 1 atom stereocenters. The predicted molar refractivity (Wildman–Crippen MR) is 93.3 cm³/mol. The quantitative estimate of drug-likeness (QED) is 0.693. The molecule has 1 unspecified atom stereocenters. The molecule has 0 bridgehead atoms. The molecule has 26 heavy (non-hydrogen) atoms. The van der Waals surface area contributed by atoms with Gasteiger partial charge >= 0.3 is 0 Å². The average Bonchev–Trinajstić information content (AvgIpc) is 2.71. The van der Waals surface area contributed by atoms with Gasteiger partial charge in [-0.1, -0.05) is 19.3 Å². The van der Waals surface area contributed by atoms with Gasteiger partial charge < -0.3 is 19.9 Å². The molecule has 3 saturated heterocycles. The number of carbonyl (C=O) groups is 3. The normalized spacial score (nSPS) is 29.9. The van der Waals surface area contributed by atoms with Crippen LogP contribution in [0.3, 0.4) is 0 Å². The number of fused-ring (bicyclic) bond motifs is 1. The van der Waals surface area contributed by atoms with E-state index in [-0.39, 0.29) is 24.3 Å². The number of hydrogen-bond donors (Lipinski definition) is 1. The second kappa shape index (κ2) is 7.15. The van der Waals surface area contributed by atoms with E-state index in [2.05, 4.69) is 10.2 Å². The third kappa shape index (κ3) is 2.99. The first kappa shape index (κ1) is 17.7. The molecular formula is C18H28N4O4. The number of hydrogen-bond acceptors (Lipinski definition) is 5. The average molecular weight is 364 g/mol. The SMILES string of the molecule is O=C1NCC(=O)N2CCN(C(=O)C3(N4CCOCC4)CCCCC3)CC12. The molecule has 8 heteroatoms. The Balaban J connectivity index is 1.54. The minimum atomic E-state index is -0.542. The lowest BCUT2D eigenvalue weighted by molar-refractivity contribution is -0.160. The molecule has 0 aromatic heterocycles. The highest BCUT2D eigenvalue weighted by molar-refractivity contribution is 5.96. The smallest absolute Gasteiger partial charge is 0.245 e. The lowest BCUT2D eigenvalue weighted by Gasteiger charge is -2.51. The summed E-state index contributed by atoms with van der Waals surface area (Å²) in [6.07, 6.45) is 5.05. The van der Waals surface area contributed by atoms with Crippen molar-refractivity contribution in [3.8, 4) is 0 Å². The van der Waals surface area contributed by atoms with E-state index in [0.29, 0.717) is 32.8 Å². The fraction of sp³-hybridized carbons (Fsp3) is 0.833. The second-order valence-electron chi connectivity index (χ2n) is 7.76. The molecule has 3 heterocycles. The van der Waals surface area contributed by atoms with Crippen molar-refractivity contribution >= 4 is 17.7 Å². The van der Waals surface area contributed by atoms with Crippen LogP contribution in [0.15, 0.2) is 0 Å². The Bertz CT molecular complexity index is 584. The minimum absolute atomic E-state index is 0.0535. The molecule has 4 aliphatic rings. The number of morpholine rings is 1. The maximum Gasteiger partial charge on any atom is 0.245 e. The van der Waals surface area contributed by atoms with Crippen molar-refractivity contribution in [1.82, 2.24) is 20.0 Å². The Morgan fingerprint density at radius 2 is 1.77 bits per heavy atom. The van der Waals surface area contributed by atoms with Crippen molar-refractivity contribution in [3.05, 3.63) is 0 Å². The van der Waals surface area contributed by atoms with Gasteiger partial charge in [0, 0.05) is 26.2 Å². The van der Waals surface area contributed by atoms with Crippen molar-refractivity contribution in [2.24, 2.45) is 0 Å². The maximum atomic E-state index is 13.6. The summed E-state index contributed by atoms with van der Waals surface area (Å²) in [5.74, 6) is -0.0574. The van der Waals surface area contributed by atoms with Crippen molar-refractivity contribution in [2.45, 2.75) is 43.7 Å². The van der Waals surface area contributed by atoms with Crippen LogP contribution in [-0.4, -0.2) is 96.5 Å². The van der Waals surface area contributed by atoms with Gasteiger partial charge in [0.15, 0.2) is 0 Å². The van der Waals surface area contributed by atoms with E-state index in [1.807, 2.05) is 4.90 Å². The van der Waals surface area contributed by atoms with Gasteiger partial charge in [-0.15, -0.1) is 0 Å². The maximum absolute atomic E-state index is 13.6. The van der Waals surface area contributed by atoms with E-state index < -0.39 is 11.6 Å². The highest BCUT2D eigenvalue weighted by Crippen LogP contribution is 2.36. The summed E-state index contributed by atoms with van der Waals surface area (Å²) in [6.45, 7) is 4.25. The number of nitrogens with zero attached hydrogens (tertiary/aromatic N) is 3. The van der Waals surface area contributed by atoms with E-state index in [9.17, 15) is 14.4 Å². The van der Waals surface area contributed by atoms with Crippen LogP contribution in [0, 0.1) is 0 Å². The van der Waals surface area contributed by atoms with Gasteiger partial charge in [0.1, 0.15) is 11.6 Å². The van der Waals surface area contributed by atoms with Gasteiger partial charge in [0.2, 0.25) is 17.7 Å². The Kier molecular flexibility index (Phi) is 4.88. The molecule has 4 fully saturated rings. The van der Waals surface area contributed by atoms with Crippen LogP contribution < -0.4 is 5.32 Å². The van der Waals surface area contributed by atoms with Crippen molar-refractivity contribution in [1.29, 1.82) is 0 Å². The number of nitrogens with one attached hydrogen (secondary N) is 1. The van der Waals surface area contributed by atoms with Gasteiger partial charge in [0.25, 0.3) is 0 Å². The van der Waals surface area contributed by atoms with Crippen LogP contribution in [0.1, 0.15) is 32.1 Å². The molecule has 3 amide bonds. The van der Waals surface area contributed by atoms with Crippen LogP contribution in [-0.2, 0) is 19.1 Å². The Hall–Kier alpha value is -1.67. The first-order valence-corrected chi connectivity index (χ1v) is 9.81. The summed E-state index contributed by atoms with van der Waals surface area (Å²) in [5, 5.41) is 2.65. The predicted octanol–water partition coefficient (Wildman–Crippen LogP) is -0.809. The fourth-order valence-electron chi connectivity index (χ4n) is 4.96. The second-order valence-corrected chi connectivity index (χ2v) is 7.76. The number of amides is 3. The summed E-state index contributed by atoms with van der Waals surface area (Å²) < 4.78 is 5.49. The highest BCUT2D eigenvalue weighted by Gasteiger charge is 2.49. The molecule has 3 aliphatic heterocycles. The van der Waals surface area contributed by atoms with Crippen molar-refractivity contribution in [3.63, 3.8) is 0 Å². The minimum Gasteiger partial charge on any atom is -0.379 e. The van der Waals surface area contributed by atoms with Gasteiger partial charge in [-0.05, 0) is 12.8 Å². The third-order valence-electron chi connectivity index (χ3n) is 6.40. The van der Waals surface area contributed by atoms with Crippen LogP contribution >= 0.6 is 0 Å². The van der Waals surface area contributed by atoms with Crippen LogP contribution in [0.5, 0.6) is 0 Å². The first-order valence-electron chi connectivity index (χ1n) is 9.81. The number of carbonyl (C=O) groups excluding carboxylic acids is 3. The van der Waals surface area contributed by atoms with Crippen LogP contribution in [0.4, 0.5) is 0 Å². The number of piperazine rings is 2.